The largest absolute Gasteiger partial charge is 0.398 e. The topological polar surface area (TPSA) is 72.3 Å². The first-order chi connectivity index (χ1) is 6.43. The first-order valence-electron chi connectivity index (χ1n) is 4.42. The Kier molecular flexibility index (Phi) is 3.37. The number of hydrogen-bond acceptors (Lipinski definition) is 3. The fourth-order valence-electron chi connectivity index (χ4n) is 1.23. The standard InChI is InChI=1S/C10H15ClN2O/c1-5-3-7(10(13)6(2)14)8(11)4-9(5)12/h3-4,6,10,14H,12-13H2,1-2H3/t6-,10+/m1/s1. The quantitative estimate of drug-likeness (QED) is 0.655. The van der Waals surface area contributed by atoms with Crippen LogP contribution in [0.25, 0.3) is 0 Å². The first-order valence-corrected chi connectivity index (χ1v) is 4.80. The van der Waals surface area contributed by atoms with Crippen molar-refractivity contribution < 1.29 is 5.11 Å². The molecule has 78 valence electrons. The third-order valence-electron chi connectivity index (χ3n) is 2.26. The average Bonchev–Trinajstić information content (AvgIpc) is 2.10. The Balaban J connectivity index is 3.15. The Bertz CT molecular complexity index is 339. The van der Waals surface area contributed by atoms with E-state index in [1.807, 2.05) is 13.0 Å². The van der Waals surface area contributed by atoms with Crippen LogP contribution in [0.4, 0.5) is 5.69 Å². The maximum absolute atomic E-state index is 9.34. The van der Waals surface area contributed by atoms with Gasteiger partial charge in [-0.15, -0.1) is 0 Å². The highest BCUT2D eigenvalue weighted by atomic mass is 35.5. The lowest BCUT2D eigenvalue weighted by Crippen LogP contribution is -2.23. The molecule has 3 nitrogen and oxygen atoms in total. The molecule has 14 heavy (non-hydrogen) atoms. The van der Waals surface area contributed by atoms with Crippen molar-refractivity contribution in [1.29, 1.82) is 0 Å². The van der Waals surface area contributed by atoms with Gasteiger partial charge in [0.2, 0.25) is 0 Å². The SMILES string of the molecule is Cc1cc([C@@H](N)[C@@H](C)O)c(Cl)cc1N. The maximum atomic E-state index is 9.34. The Hall–Kier alpha value is -0.770. The molecule has 0 radical (unpaired) electrons. The zero-order chi connectivity index (χ0) is 10.9. The lowest BCUT2D eigenvalue weighted by Gasteiger charge is -2.17. The Labute approximate surface area is 88.7 Å². The molecule has 0 aliphatic rings. The number of rotatable bonds is 2. The molecule has 0 aromatic heterocycles. The minimum Gasteiger partial charge on any atom is -0.398 e. The van der Waals surface area contributed by atoms with E-state index in [9.17, 15) is 5.11 Å². The van der Waals surface area contributed by atoms with Gasteiger partial charge >= 0.3 is 0 Å². The number of aliphatic hydroxyl groups excluding tert-OH is 1. The van der Waals surface area contributed by atoms with Gasteiger partial charge in [0.25, 0.3) is 0 Å². The number of nitrogen functional groups attached to an aromatic ring is 1. The van der Waals surface area contributed by atoms with Crippen molar-refractivity contribution in [1.82, 2.24) is 0 Å². The summed E-state index contributed by atoms with van der Waals surface area (Å²) in [5.74, 6) is 0. The van der Waals surface area contributed by atoms with E-state index in [1.54, 1.807) is 13.0 Å². The normalized spacial score (nSPS) is 15.2. The maximum Gasteiger partial charge on any atom is 0.0705 e. The Morgan fingerprint density at radius 3 is 2.50 bits per heavy atom. The monoisotopic (exact) mass is 214 g/mol. The molecule has 0 fully saturated rings. The van der Waals surface area contributed by atoms with E-state index in [2.05, 4.69) is 0 Å². The highest BCUT2D eigenvalue weighted by Gasteiger charge is 2.16. The molecule has 0 heterocycles. The van der Waals surface area contributed by atoms with Crippen LogP contribution < -0.4 is 11.5 Å². The summed E-state index contributed by atoms with van der Waals surface area (Å²) in [5.41, 5.74) is 13.7. The second-order valence-electron chi connectivity index (χ2n) is 3.50. The summed E-state index contributed by atoms with van der Waals surface area (Å²) in [4.78, 5) is 0. The molecule has 0 spiro atoms. The molecule has 0 unspecified atom stereocenters. The van der Waals surface area contributed by atoms with Crippen LogP contribution in [0.1, 0.15) is 24.1 Å². The number of anilines is 1. The van der Waals surface area contributed by atoms with E-state index < -0.39 is 12.1 Å². The van der Waals surface area contributed by atoms with E-state index in [4.69, 9.17) is 23.1 Å². The molecule has 0 saturated carbocycles. The van der Waals surface area contributed by atoms with Crippen LogP contribution >= 0.6 is 11.6 Å². The molecule has 0 bridgehead atoms. The first kappa shape index (κ1) is 11.3. The van der Waals surface area contributed by atoms with Crippen LogP contribution in [0.5, 0.6) is 0 Å². The molecular weight excluding hydrogens is 200 g/mol. The summed E-state index contributed by atoms with van der Waals surface area (Å²) >= 11 is 5.97. The van der Waals surface area contributed by atoms with Crippen molar-refractivity contribution in [3.05, 3.63) is 28.3 Å². The molecule has 5 N–H and O–H groups in total. The summed E-state index contributed by atoms with van der Waals surface area (Å²) in [6.45, 7) is 3.51. The summed E-state index contributed by atoms with van der Waals surface area (Å²) in [6, 6.07) is 3.01. The van der Waals surface area contributed by atoms with Crippen LogP contribution in [0.2, 0.25) is 5.02 Å². The van der Waals surface area contributed by atoms with Gasteiger partial charge in [-0.25, -0.2) is 0 Å². The second kappa shape index (κ2) is 4.17. The van der Waals surface area contributed by atoms with Gasteiger partial charge in [-0.2, -0.15) is 0 Å². The van der Waals surface area contributed by atoms with Crippen molar-refractivity contribution in [3.63, 3.8) is 0 Å². The molecule has 0 aliphatic heterocycles. The summed E-state index contributed by atoms with van der Waals surface area (Å²) in [7, 11) is 0. The minimum absolute atomic E-state index is 0.471. The van der Waals surface area contributed by atoms with Gasteiger partial charge in [-0.3, -0.25) is 0 Å². The molecule has 0 saturated heterocycles. The van der Waals surface area contributed by atoms with Crippen molar-refractivity contribution in [2.75, 3.05) is 5.73 Å². The van der Waals surface area contributed by atoms with Gasteiger partial charge < -0.3 is 16.6 Å². The van der Waals surface area contributed by atoms with E-state index in [-0.39, 0.29) is 0 Å². The van der Waals surface area contributed by atoms with E-state index >= 15 is 0 Å². The van der Waals surface area contributed by atoms with Crippen molar-refractivity contribution >= 4 is 17.3 Å². The number of hydrogen-bond donors (Lipinski definition) is 3. The third-order valence-corrected chi connectivity index (χ3v) is 2.59. The molecule has 1 rings (SSSR count). The van der Waals surface area contributed by atoms with Crippen LogP contribution in [0.15, 0.2) is 12.1 Å². The fourth-order valence-corrected chi connectivity index (χ4v) is 1.53. The van der Waals surface area contributed by atoms with E-state index in [0.717, 1.165) is 11.1 Å². The number of halogens is 1. The smallest absolute Gasteiger partial charge is 0.0705 e. The molecule has 1 aromatic carbocycles. The highest BCUT2D eigenvalue weighted by Crippen LogP contribution is 2.28. The fraction of sp³-hybridized carbons (Fsp3) is 0.400. The number of benzene rings is 1. The van der Waals surface area contributed by atoms with Gasteiger partial charge in [0.15, 0.2) is 0 Å². The number of aliphatic hydroxyl groups is 1. The Morgan fingerprint density at radius 1 is 1.43 bits per heavy atom. The van der Waals surface area contributed by atoms with Crippen LogP contribution in [-0.2, 0) is 0 Å². The number of aryl methyl sites for hydroxylation is 1. The van der Waals surface area contributed by atoms with Crippen molar-refractivity contribution in [2.24, 2.45) is 5.73 Å². The second-order valence-corrected chi connectivity index (χ2v) is 3.90. The zero-order valence-corrected chi connectivity index (χ0v) is 9.05. The molecule has 0 amide bonds. The third kappa shape index (κ3) is 2.18. The Morgan fingerprint density at radius 2 is 2.00 bits per heavy atom. The lowest BCUT2D eigenvalue weighted by molar-refractivity contribution is 0.164. The van der Waals surface area contributed by atoms with Gasteiger partial charge in [-0.1, -0.05) is 17.7 Å². The molecular formula is C10H15ClN2O. The predicted octanol–water partition coefficient (Wildman–Crippen LogP) is 1.61. The average molecular weight is 215 g/mol. The molecule has 4 heteroatoms. The van der Waals surface area contributed by atoms with Crippen molar-refractivity contribution in [2.45, 2.75) is 26.0 Å². The van der Waals surface area contributed by atoms with Gasteiger partial charge in [0, 0.05) is 10.7 Å². The molecule has 0 aliphatic carbocycles. The van der Waals surface area contributed by atoms with Crippen molar-refractivity contribution in [3.8, 4) is 0 Å². The zero-order valence-electron chi connectivity index (χ0n) is 8.29. The van der Waals surface area contributed by atoms with Gasteiger partial charge in [0.1, 0.15) is 0 Å². The van der Waals surface area contributed by atoms with Crippen LogP contribution in [0.3, 0.4) is 0 Å². The number of nitrogens with two attached hydrogens (primary N) is 2. The molecule has 1 aromatic rings. The van der Waals surface area contributed by atoms with Crippen LogP contribution in [-0.4, -0.2) is 11.2 Å². The lowest BCUT2D eigenvalue weighted by atomic mass is 10.0. The summed E-state index contributed by atoms with van der Waals surface area (Å²) < 4.78 is 0. The minimum atomic E-state index is -0.629. The summed E-state index contributed by atoms with van der Waals surface area (Å²) in [6.07, 6.45) is -0.629. The predicted molar refractivity (Wildman–Crippen MR) is 59.2 cm³/mol. The van der Waals surface area contributed by atoms with Gasteiger partial charge in [0.05, 0.1) is 12.1 Å². The van der Waals surface area contributed by atoms with E-state index in [1.165, 1.54) is 0 Å². The van der Waals surface area contributed by atoms with Gasteiger partial charge in [-0.05, 0) is 31.0 Å². The highest BCUT2D eigenvalue weighted by molar-refractivity contribution is 6.31. The molecule has 2 atom stereocenters. The van der Waals surface area contributed by atoms with Crippen LogP contribution in [0, 0.1) is 6.92 Å². The van der Waals surface area contributed by atoms with E-state index in [0.29, 0.717) is 10.7 Å². The summed E-state index contributed by atoms with van der Waals surface area (Å²) in [5, 5.41) is 9.85.